The lowest BCUT2D eigenvalue weighted by molar-refractivity contribution is -0.0279. The van der Waals surface area contributed by atoms with Crippen LogP contribution in [0.2, 0.25) is 0 Å². The van der Waals surface area contributed by atoms with Gasteiger partial charge in [0.1, 0.15) is 6.10 Å². The van der Waals surface area contributed by atoms with Crippen LogP contribution in [0.15, 0.2) is 0 Å². The van der Waals surface area contributed by atoms with Crippen molar-refractivity contribution in [2.24, 2.45) is 0 Å². The van der Waals surface area contributed by atoms with Gasteiger partial charge in [-0.2, -0.15) is 5.26 Å². The van der Waals surface area contributed by atoms with Crippen LogP contribution < -0.4 is 0 Å². The highest BCUT2D eigenvalue weighted by molar-refractivity contribution is 4.84. The second-order valence-corrected chi connectivity index (χ2v) is 3.59. The molecular formula is C10H17NO2. The van der Waals surface area contributed by atoms with Crippen LogP contribution in [0.25, 0.3) is 0 Å². The van der Waals surface area contributed by atoms with Crippen molar-refractivity contribution in [1.82, 2.24) is 0 Å². The molecule has 13 heavy (non-hydrogen) atoms. The Bertz CT molecular complexity index is 180. The van der Waals surface area contributed by atoms with Gasteiger partial charge in [-0.1, -0.05) is 6.92 Å². The summed E-state index contributed by atoms with van der Waals surface area (Å²) in [6.45, 7) is 1.95. The van der Waals surface area contributed by atoms with Gasteiger partial charge in [0.15, 0.2) is 0 Å². The molecule has 1 N–H and O–H groups in total. The van der Waals surface area contributed by atoms with Gasteiger partial charge in [0.05, 0.1) is 18.3 Å². The first kappa shape index (κ1) is 10.5. The summed E-state index contributed by atoms with van der Waals surface area (Å²) in [5, 5.41) is 17.9. The lowest BCUT2D eigenvalue weighted by atomic mass is 9.95. The van der Waals surface area contributed by atoms with Gasteiger partial charge in [-0.25, -0.2) is 0 Å². The Morgan fingerprint density at radius 1 is 1.46 bits per heavy atom. The van der Waals surface area contributed by atoms with Crippen molar-refractivity contribution in [2.75, 3.05) is 0 Å². The van der Waals surface area contributed by atoms with Crippen molar-refractivity contribution in [3.8, 4) is 6.07 Å². The highest BCUT2D eigenvalue weighted by Gasteiger charge is 2.22. The summed E-state index contributed by atoms with van der Waals surface area (Å²) in [5.74, 6) is 0. The SMILES string of the molecule is CCC(C#N)OC1CCC(O)CC1. The number of nitriles is 1. The molecule has 1 aliphatic carbocycles. The number of hydrogen-bond acceptors (Lipinski definition) is 3. The van der Waals surface area contributed by atoms with Crippen LogP contribution in [0.1, 0.15) is 39.0 Å². The molecule has 1 unspecified atom stereocenters. The van der Waals surface area contributed by atoms with Gasteiger partial charge < -0.3 is 9.84 Å². The first-order valence-corrected chi connectivity index (χ1v) is 4.99. The van der Waals surface area contributed by atoms with Gasteiger partial charge >= 0.3 is 0 Å². The quantitative estimate of drug-likeness (QED) is 0.723. The van der Waals surface area contributed by atoms with E-state index >= 15 is 0 Å². The molecule has 0 spiro atoms. The molecule has 74 valence electrons. The predicted octanol–water partition coefficient (Wildman–Crippen LogP) is 1.61. The van der Waals surface area contributed by atoms with Crippen molar-refractivity contribution in [3.05, 3.63) is 0 Å². The molecule has 0 radical (unpaired) electrons. The van der Waals surface area contributed by atoms with E-state index in [-0.39, 0.29) is 18.3 Å². The van der Waals surface area contributed by atoms with Crippen LogP contribution in [0.4, 0.5) is 0 Å². The largest absolute Gasteiger partial charge is 0.393 e. The summed E-state index contributed by atoms with van der Waals surface area (Å²) < 4.78 is 5.57. The number of rotatable bonds is 3. The van der Waals surface area contributed by atoms with E-state index < -0.39 is 0 Å². The van der Waals surface area contributed by atoms with E-state index in [4.69, 9.17) is 10.00 Å². The first-order valence-electron chi connectivity index (χ1n) is 4.99. The summed E-state index contributed by atoms with van der Waals surface area (Å²) in [5.41, 5.74) is 0. The van der Waals surface area contributed by atoms with Crippen LogP contribution in [0.3, 0.4) is 0 Å². The van der Waals surface area contributed by atoms with E-state index in [1.165, 1.54) is 0 Å². The maximum atomic E-state index is 9.25. The molecule has 3 heteroatoms. The molecule has 0 aromatic carbocycles. The minimum atomic E-state index is -0.264. The minimum absolute atomic E-state index is 0.151. The number of aliphatic hydroxyl groups is 1. The van der Waals surface area contributed by atoms with Gasteiger partial charge in [-0.05, 0) is 32.1 Å². The Morgan fingerprint density at radius 2 is 2.08 bits per heavy atom. The monoisotopic (exact) mass is 183 g/mol. The first-order chi connectivity index (χ1) is 6.26. The van der Waals surface area contributed by atoms with Crippen molar-refractivity contribution in [3.63, 3.8) is 0 Å². The van der Waals surface area contributed by atoms with Crippen molar-refractivity contribution in [2.45, 2.75) is 57.3 Å². The molecule has 0 aromatic heterocycles. The smallest absolute Gasteiger partial charge is 0.144 e. The molecule has 1 saturated carbocycles. The van der Waals surface area contributed by atoms with E-state index in [9.17, 15) is 5.11 Å². The number of hydrogen-bond donors (Lipinski definition) is 1. The van der Waals surface area contributed by atoms with E-state index in [0.717, 1.165) is 32.1 Å². The standard InChI is InChI=1S/C10H17NO2/c1-2-9(7-11)13-10-5-3-8(12)4-6-10/h8-10,12H,2-6H2,1H3. The number of aliphatic hydroxyl groups excluding tert-OH is 1. The van der Waals surface area contributed by atoms with E-state index in [0.29, 0.717) is 0 Å². The second kappa shape index (κ2) is 5.21. The Morgan fingerprint density at radius 3 is 2.54 bits per heavy atom. The van der Waals surface area contributed by atoms with Crippen LogP contribution >= 0.6 is 0 Å². The van der Waals surface area contributed by atoms with Crippen molar-refractivity contribution < 1.29 is 9.84 Å². The molecular weight excluding hydrogens is 166 g/mol. The van der Waals surface area contributed by atoms with Crippen LogP contribution in [-0.4, -0.2) is 23.4 Å². The average molecular weight is 183 g/mol. The Hall–Kier alpha value is -0.590. The third-order valence-electron chi connectivity index (χ3n) is 2.52. The van der Waals surface area contributed by atoms with Gasteiger partial charge in [0.25, 0.3) is 0 Å². The summed E-state index contributed by atoms with van der Waals surface area (Å²) in [4.78, 5) is 0. The molecule has 1 rings (SSSR count). The third kappa shape index (κ3) is 3.33. The Kier molecular flexibility index (Phi) is 4.20. The fourth-order valence-electron chi connectivity index (χ4n) is 1.63. The Labute approximate surface area is 79.3 Å². The lowest BCUT2D eigenvalue weighted by Gasteiger charge is -2.26. The fraction of sp³-hybridized carbons (Fsp3) is 0.900. The van der Waals surface area contributed by atoms with Crippen LogP contribution in [0, 0.1) is 11.3 Å². The maximum Gasteiger partial charge on any atom is 0.144 e. The van der Waals surface area contributed by atoms with Crippen molar-refractivity contribution in [1.29, 1.82) is 5.26 Å². The zero-order chi connectivity index (χ0) is 9.68. The molecule has 3 nitrogen and oxygen atoms in total. The minimum Gasteiger partial charge on any atom is -0.393 e. The van der Waals surface area contributed by atoms with E-state index in [1.54, 1.807) is 0 Å². The van der Waals surface area contributed by atoms with E-state index in [2.05, 4.69) is 6.07 Å². The Balaban J connectivity index is 2.26. The topological polar surface area (TPSA) is 53.2 Å². The average Bonchev–Trinajstić information content (AvgIpc) is 2.17. The summed E-state index contributed by atoms with van der Waals surface area (Å²) in [6, 6.07) is 2.13. The molecule has 0 aliphatic heterocycles. The van der Waals surface area contributed by atoms with Crippen LogP contribution in [-0.2, 0) is 4.74 Å². The lowest BCUT2D eigenvalue weighted by Crippen LogP contribution is -2.27. The molecule has 0 aromatic rings. The summed E-state index contributed by atoms with van der Waals surface area (Å²) in [6.07, 6.45) is 3.92. The van der Waals surface area contributed by atoms with Crippen LogP contribution in [0.5, 0.6) is 0 Å². The maximum absolute atomic E-state index is 9.25. The fourth-order valence-corrected chi connectivity index (χ4v) is 1.63. The predicted molar refractivity (Wildman–Crippen MR) is 49.0 cm³/mol. The number of nitrogens with zero attached hydrogens (tertiary/aromatic N) is 1. The molecule has 1 aliphatic rings. The third-order valence-corrected chi connectivity index (χ3v) is 2.52. The molecule has 0 saturated heterocycles. The second-order valence-electron chi connectivity index (χ2n) is 3.59. The summed E-state index contributed by atoms with van der Waals surface area (Å²) >= 11 is 0. The van der Waals surface area contributed by atoms with Gasteiger partial charge in [-0.3, -0.25) is 0 Å². The highest BCUT2D eigenvalue weighted by Crippen LogP contribution is 2.22. The zero-order valence-electron chi connectivity index (χ0n) is 8.07. The van der Waals surface area contributed by atoms with Gasteiger partial charge in [0, 0.05) is 0 Å². The number of ether oxygens (including phenoxy) is 1. The molecule has 1 fully saturated rings. The molecule has 0 bridgehead atoms. The highest BCUT2D eigenvalue weighted by atomic mass is 16.5. The van der Waals surface area contributed by atoms with Gasteiger partial charge in [-0.15, -0.1) is 0 Å². The normalized spacial score (nSPS) is 30.8. The molecule has 0 amide bonds. The molecule has 1 atom stereocenters. The summed E-state index contributed by atoms with van der Waals surface area (Å²) in [7, 11) is 0. The zero-order valence-corrected chi connectivity index (χ0v) is 8.07. The molecule has 0 heterocycles. The van der Waals surface area contributed by atoms with E-state index in [1.807, 2.05) is 6.92 Å². The van der Waals surface area contributed by atoms with Crippen molar-refractivity contribution >= 4 is 0 Å². The van der Waals surface area contributed by atoms with Gasteiger partial charge in [0.2, 0.25) is 0 Å².